The lowest BCUT2D eigenvalue weighted by atomic mass is 10.2. The first-order chi connectivity index (χ1) is 11.6. The summed E-state index contributed by atoms with van der Waals surface area (Å²) in [5.74, 6) is 3.20. The van der Waals surface area contributed by atoms with E-state index >= 15 is 0 Å². The highest BCUT2D eigenvalue weighted by molar-refractivity contribution is 8.00. The quantitative estimate of drug-likeness (QED) is 0.492. The van der Waals surface area contributed by atoms with Crippen molar-refractivity contribution in [3.8, 4) is 0 Å². The number of carbonyl (C=O) groups is 1. The molecule has 0 aliphatic rings. The predicted octanol–water partition coefficient (Wildman–Crippen LogP) is 2.29. The van der Waals surface area contributed by atoms with Gasteiger partial charge in [0.1, 0.15) is 5.82 Å². The van der Waals surface area contributed by atoms with Crippen molar-refractivity contribution in [1.29, 1.82) is 0 Å². The average Bonchev–Trinajstić information content (AvgIpc) is 2.87. The molecule has 1 aromatic heterocycles. The van der Waals surface area contributed by atoms with E-state index < -0.39 is 23.1 Å². The van der Waals surface area contributed by atoms with E-state index in [4.69, 9.17) is 5.84 Å². The monoisotopic (exact) mass is 377 g/mol. The highest BCUT2D eigenvalue weighted by atomic mass is 32.2. The molecular formula is C14H15F4N5OS. The van der Waals surface area contributed by atoms with Crippen molar-refractivity contribution in [3.05, 3.63) is 41.5 Å². The van der Waals surface area contributed by atoms with Crippen molar-refractivity contribution >= 4 is 17.7 Å². The van der Waals surface area contributed by atoms with Gasteiger partial charge >= 0.3 is 6.18 Å². The number of nitrogens with two attached hydrogens (primary N) is 1. The van der Waals surface area contributed by atoms with Crippen LogP contribution in [-0.2, 0) is 17.5 Å². The van der Waals surface area contributed by atoms with Crippen LogP contribution in [0.15, 0.2) is 29.4 Å². The number of carbonyl (C=O) groups excluding carboxylic acids is 1. The number of nitrogen functional groups attached to an aromatic ring is 1. The minimum atomic E-state index is -4.73. The maximum Gasteiger partial charge on any atom is 0.453 e. The highest BCUT2D eigenvalue weighted by Crippen LogP contribution is 2.30. The molecule has 0 aliphatic carbocycles. The number of benzene rings is 1. The van der Waals surface area contributed by atoms with Crippen LogP contribution in [0.5, 0.6) is 0 Å². The first kappa shape index (κ1) is 19.0. The Morgan fingerprint density at radius 1 is 1.40 bits per heavy atom. The standard InChI is InChI=1S/C14H15F4N5OS/c1-8(25-13-21-20-12(23(13)19)14(16,17)18)11(24)22(2)7-9-4-3-5-10(15)6-9/h3-6,8H,7,19H2,1-2H3/t8-/m0/s1. The van der Waals surface area contributed by atoms with Gasteiger partial charge in [-0.25, -0.2) is 9.07 Å². The summed E-state index contributed by atoms with van der Waals surface area (Å²) in [6.07, 6.45) is -4.73. The lowest BCUT2D eigenvalue weighted by molar-refractivity contribution is -0.146. The summed E-state index contributed by atoms with van der Waals surface area (Å²) in [5, 5.41) is 5.38. The molecule has 1 aromatic carbocycles. The molecule has 0 saturated carbocycles. The SMILES string of the molecule is C[C@H](Sc1nnc(C(F)(F)F)n1N)C(=O)N(C)Cc1cccc(F)c1. The molecule has 1 heterocycles. The largest absolute Gasteiger partial charge is 0.453 e. The molecule has 0 saturated heterocycles. The van der Waals surface area contributed by atoms with Gasteiger partial charge < -0.3 is 10.7 Å². The van der Waals surface area contributed by atoms with E-state index in [0.29, 0.717) is 10.2 Å². The molecule has 2 rings (SSSR count). The van der Waals surface area contributed by atoms with Gasteiger partial charge in [0.05, 0.1) is 5.25 Å². The van der Waals surface area contributed by atoms with Gasteiger partial charge in [-0.3, -0.25) is 4.79 Å². The van der Waals surface area contributed by atoms with Crippen LogP contribution < -0.4 is 5.84 Å². The lowest BCUT2D eigenvalue weighted by Gasteiger charge is -2.21. The van der Waals surface area contributed by atoms with Gasteiger partial charge in [-0.1, -0.05) is 23.9 Å². The molecule has 1 atom stereocenters. The maximum absolute atomic E-state index is 13.2. The number of hydrogen-bond donors (Lipinski definition) is 1. The Balaban J connectivity index is 2.04. The number of halogens is 4. The predicted molar refractivity (Wildman–Crippen MR) is 83.4 cm³/mol. The zero-order valence-corrected chi connectivity index (χ0v) is 14.1. The van der Waals surface area contributed by atoms with E-state index in [9.17, 15) is 22.4 Å². The molecule has 0 fully saturated rings. The van der Waals surface area contributed by atoms with Crippen LogP contribution >= 0.6 is 11.8 Å². The fraction of sp³-hybridized carbons (Fsp3) is 0.357. The van der Waals surface area contributed by atoms with Gasteiger partial charge in [0.2, 0.25) is 11.1 Å². The van der Waals surface area contributed by atoms with Gasteiger partial charge in [0.15, 0.2) is 0 Å². The number of rotatable bonds is 5. The number of nitrogens with zero attached hydrogens (tertiary/aromatic N) is 4. The Bertz CT molecular complexity index is 764. The topological polar surface area (TPSA) is 77.0 Å². The molecule has 1 amide bonds. The fourth-order valence-corrected chi connectivity index (χ4v) is 2.94. The van der Waals surface area contributed by atoms with Gasteiger partial charge in [-0.15, -0.1) is 10.2 Å². The normalized spacial score (nSPS) is 12.9. The Hall–Kier alpha value is -2.30. The minimum absolute atomic E-state index is 0.157. The van der Waals surface area contributed by atoms with Crippen molar-refractivity contribution in [1.82, 2.24) is 19.8 Å². The first-order valence-corrected chi connectivity index (χ1v) is 7.91. The zero-order valence-electron chi connectivity index (χ0n) is 13.3. The molecule has 0 bridgehead atoms. The molecule has 0 unspecified atom stereocenters. The van der Waals surface area contributed by atoms with Crippen molar-refractivity contribution < 1.29 is 22.4 Å². The van der Waals surface area contributed by atoms with E-state index in [-0.39, 0.29) is 17.6 Å². The minimum Gasteiger partial charge on any atom is -0.340 e. The van der Waals surface area contributed by atoms with E-state index in [1.165, 1.54) is 37.1 Å². The third-order valence-electron chi connectivity index (χ3n) is 3.23. The molecule has 25 heavy (non-hydrogen) atoms. The summed E-state index contributed by atoms with van der Waals surface area (Å²) in [6, 6.07) is 5.78. The Kier molecular flexibility index (Phi) is 5.55. The average molecular weight is 377 g/mol. The van der Waals surface area contributed by atoms with Crippen LogP contribution in [0.25, 0.3) is 0 Å². The summed E-state index contributed by atoms with van der Waals surface area (Å²) < 4.78 is 51.4. The molecule has 2 N–H and O–H groups in total. The van der Waals surface area contributed by atoms with E-state index in [2.05, 4.69) is 10.2 Å². The second kappa shape index (κ2) is 7.30. The first-order valence-electron chi connectivity index (χ1n) is 7.03. The second-order valence-corrected chi connectivity index (χ2v) is 6.57. The summed E-state index contributed by atoms with van der Waals surface area (Å²) in [6.45, 7) is 1.67. The Labute approximate surface area is 145 Å². The summed E-state index contributed by atoms with van der Waals surface area (Å²) in [4.78, 5) is 13.7. The summed E-state index contributed by atoms with van der Waals surface area (Å²) in [5.41, 5.74) is 0.592. The molecule has 136 valence electrons. The zero-order chi connectivity index (χ0) is 18.8. The van der Waals surface area contributed by atoms with Crippen LogP contribution in [-0.4, -0.2) is 38.0 Å². The molecule has 2 aromatic rings. The number of hydrogen-bond acceptors (Lipinski definition) is 5. The fourth-order valence-electron chi connectivity index (χ4n) is 2.06. The number of alkyl halides is 3. The van der Waals surface area contributed by atoms with Crippen molar-refractivity contribution in [2.75, 3.05) is 12.9 Å². The second-order valence-electron chi connectivity index (χ2n) is 5.26. The van der Waals surface area contributed by atoms with Crippen LogP contribution in [0.3, 0.4) is 0 Å². The third-order valence-corrected chi connectivity index (χ3v) is 4.28. The molecular weight excluding hydrogens is 362 g/mol. The maximum atomic E-state index is 13.2. The van der Waals surface area contributed by atoms with Crippen LogP contribution in [0.1, 0.15) is 18.3 Å². The van der Waals surface area contributed by atoms with Gasteiger partial charge in [0.25, 0.3) is 5.82 Å². The lowest BCUT2D eigenvalue weighted by Crippen LogP contribution is -2.33. The van der Waals surface area contributed by atoms with Crippen molar-refractivity contribution in [3.63, 3.8) is 0 Å². The molecule has 0 aliphatic heterocycles. The Morgan fingerprint density at radius 2 is 2.08 bits per heavy atom. The number of thioether (sulfide) groups is 1. The number of amides is 1. The third kappa shape index (κ3) is 4.62. The van der Waals surface area contributed by atoms with Crippen molar-refractivity contribution in [2.45, 2.75) is 30.1 Å². The highest BCUT2D eigenvalue weighted by Gasteiger charge is 2.38. The van der Waals surface area contributed by atoms with Gasteiger partial charge in [-0.05, 0) is 24.6 Å². The van der Waals surface area contributed by atoms with Crippen LogP contribution in [0, 0.1) is 5.82 Å². The molecule has 0 radical (unpaired) electrons. The smallest absolute Gasteiger partial charge is 0.340 e. The van der Waals surface area contributed by atoms with Gasteiger partial charge in [-0.2, -0.15) is 13.2 Å². The van der Waals surface area contributed by atoms with Crippen LogP contribution in [0.2, 0.25) is 0 Å². The van der Waals surface area contributed by atoms with E-state index in [1.54, 1.807) is 6.07 Å². The summed E-state index contributed by atoms with van der Waals surface area (Å²) >= 11 is 0.756. The Morgan fingerprint density at radius 3 is 2.64 bits per heavy atom. The van der Waals surface area contributed by atoms with E-state index in [1.807, 2.05) is 0 Å². The summed E-state index contributed by atoms with van der Waals surface area (Å²) in [7, 11) is 1.51. The van der Waals surface area contributed by atoms with Gasteiger partial charge in [0, 0.05) is 13.6 Å². The number of aromatic nitrogens is 3. The molecule has 6 nitrogen and oxygen atoms in total. The van der Waals surface area contributed by atoms with Crippen LogP contribution in [0.4, 0.5) is 17.6 Å². The van der Waals surface area contributed by atoms with E-state index in [0.717, 1.165) is 11.8 Å². The molecule has 0 spiro atoms. The molecule has 11 heteroatoms. The van der Waals surface area contributed by atoms with Crippen molar-refractivity contribution in [2.24, 2.45) is 0 Å².